The first kappa shape index (κ1) is 8.94. The van der Waals surface area contributed by atoms with Crippen molar-refractivity contribution in [2.45, 2.75) is 19.8 Å². The smallest absolute Gasteiger partial charge is 0.303 e. The van der Waals surface area contributed by atoms with Crippen LogP contribution in [-0.4, -0.2) is 11.1 Å². The van der Waals surface area contributed by atoms with E-state index in [-0.39, 0.29) is 6.42 Å². The molecule has 0 aromatic heterocycles. The van der Waals surface area contributed by atoms with Crippen molar-refractivity contribution in [1.82, 2.24) is 0 Å². The van der Waals surface area contributed by atoms with Crippen LogP contribution in [0.2, 0.25) is 0 Å². The largest absolute Gasteiger partial charge is 0.481 e. The molecule has 0 aromatic rings. The zero-order chi connectivity index (χ0) is 7.28. The summed E-state index contributed by atoms with van der Waals surface area (Å²) in [6.07, 6.45) is 2.82. The van der Waals surface area contributed by atoms with E-state index in [0.717, 1.165) is 3.58 Å². The molecule has 2 nitrogen and oxygen atoms in total. The average molecular weight is 240 g/mol. The number of carbonyl (C=O) groups is 1. The van der Waals surface area contributed by atoms with Crippen molar-refractivity contribution >= 4 is 28.6 Å². The lowest BCUT2D eigenvalue weighted by molar-refractivity contribution is -0.136. The van der Waals surface area contributed by atoms with Crippen molar-refractivity contribution in [3.05, 3.63) is 9.66 Å². The molecule has 3 heteroatoms. The molecule has 0 radical (unpaired) electrons. The SMILES string of the molecule is C/C=C(/I)CCC(=O)O. The van der Waals surface area contributed by atoms with Crippen LogP contribution in [0, 0.1) is 0 Å². The molecule has 9 heavy (non-hydrogen) atoms. The van der Waals surface area contributed by atoms with Crippen molar-refractivity contribution < 1.29 is 9.90 Å². The Bertz CT molecular complexity index is 129. The first-order valence-corrected chi connectivity index (χ1v) is 3.77. The molecule has 0 amide bonds. The summed E-state index contributed by atoms with van der Waals surface area (Å²) in [5, 5.41) is 8.23. The third-order valence-corrected chi connectivity index (χ3v) is 2.05. The van der Waals surface area contributed by atoms with E-state index >= 15 is 0 Å². The van der Waals surface area contributed by atoms with Crippen LogP contribution in [0.1, 0.15) is 19.8 Å². The lowest BCUT2D eigenvalue weighted by Gasteiger charge is -1.91. The molecule has 0 aromatic carbocycles. The maximum atomic E-state index is 9.99. The molecule has 0 unspecified atom stereocenters. The Balaban J connectivity index is 3.39. The number of carboxylic acids is 1. The van der Waals surface area contributed by atoms with Gasteiger partial charge in [0.1, 0.15) is 0 Å². The van der Waals surface area contributed by atoms with Gasteiger partial charge in [-0.05, 0) is 39.5 Å². The lowest BCUT2D eigenvalue weighted by Crippen LogP contribution is -1.92. The van der Waals surface area contributed by atoms with E-state index in [1.807, 2.05) is 13.0 Å². The van der Waals surface area contributed by atoms with Gasteiger partial charge in [0.05, 0.1) is 0 Å². The highest BCUT2D eigenvalue weighted by Crippen LogP contribution is 2.12. The topological polar surface area (TPSA) is 37.3 Å². The van der Waals surface area contributed by atoms with Crippen LogP contribution in [0.4, 0.5) is 0 Å². The summed E-state index contributed by atoms with van der Waals surface area (Å²) in [4.78, 5) is 9.99. The van der Waals surface area contributed by atoms with Crippen LogP contribution in [0.3, 0.4) is 0 Å². The molecule has 1 N–H and O–H groups in total. The number of hydrogen-bond donors (Lipinski definition) is 1. The Morgan fingerprint density at radius 1 is 1.67 bits per heavy atom. The number of aliphatic carboxylic acids is 1. The monoisotopic (exact) mass is 240 g/mol. The van der Waals surface area contributed by atoms with Crippen LogP contribution in [0.15, 0.2) is 9.66 Å². The quantitative estimate of drug-likeness (QED) is 0.767. The number of allylic oxidation sites excluding steroid dienone is 2. The van der Waals surface area contributed by atoms with Gasteiger partial charge in [-0.15, -0.1) is 0 Å². The summed E-state index contributed by atoms with van der Waals surface area (Å²) >= 11 is 2.14. The third-order valence-electron chi connectivity index (χ3n) is 0.891. The molecule has 0 atom stereocenters. The van der Waals surface area contributed by atoms with Crippen LogP contribution in [0.25, 0.3) is 0 Å². The van der Waals surface area contributed by atoms with Crippen LogP contribution >= 0.6 is 22.6 Å². The summed E-state index contributed by atoms with van der Waals surface area (Å²) in [7, 11) is 0. The van der Waals surface area contributed by atoms with E-state index in [1.54, 1.807) is 0 Å². The second-order valence-electron chi connectivity index (χ2n) is 1.63. The van der Waals surface area contributed by atoms with Gasteiger partial charge >= 0.3 is 5.97 Å². The van der Waals surface area contributed by atoms with Gasteiger partial charge < -0.3 is 5.11 Å². The highest BCUT2D eigenvalue weighted by molar-refractivity contribution is 14.1. The summed E-state index contributed by atoms with van der Waals surface area (Å²) in [6, 6.07) is 0. The fraction of sp³-hybridized carbons (Fsp3) is 0.500. The van der Waals surface area contributed by atoms with Gasteiger partial charge in [0, 0.05) is 6.42 Å². The first-order chi connectivity index (χ1) is 4.16. The first-order valence-electron chi connectivity index (χ1n) is 2.69. The molecule has 0 saturated carbocycles. The van der Waals surface area contributed by atoms with Gasteiger partial charge in [-0.1, -0.05) is 6.08 Å². The molecule has 0 aliphatic carbocycles. The molecule has 52 valence electrons. The Morgan fingerprint density at radius 2 is 2.22 bits per heavy atom. The van der Waals surface area contributed by atoms with E-state index in [2.05, 4.69) is 22.6 Å². The zero-order valence-corrected chi connectivity index (χ0v) is 7.38. The van der Waals surface area contributed by atoms with E-state index < -0.39 is 5.97 Å². The number of halogens is 1. The minimum atomic E-state index is -0.731. The fourth-order valence-electron chi connectivity index (χ4n) is 0.371. The summed E-state index contributed by atoms with van der Waals surface area (Å²) in [6.45, 7) is 1.91. The second-order valence-corrected chi connectivity index (χ2v) is 3.01. The van der Waals surface area contributed by atoms with Gasteiger partial charge in [-0.25, -0.2) is 0 Å². The lowest BCUT2D eigenvalue weighted by atomic mass is 10.3. The second kappa shape index (κ2) is 4.78. The standard InChI is InChI=1S/C6H9IO2/c1-2-5(7)3-4-6(8)9/h2H,3-4H2,1H3,(H,8,9)/b5-2+. The molecular weight excluding hydrogens is 231 g/mol. The third kappa shape index (κ3) is 5.82. The highest BCUT2D eigenvalue weighted by atomic mass is 127. The van der Waals surface area contributed by atoms with Crippen molar-refractivity contribution in [2.75, 3.05) is 0 Å². The molecule has 0 spiro atoms. The van der Waals surface area contributed by atoms with Crippen molar-refractivity contribution in [2.24, 2.45) is 0 Å². The molecule has 0 saturated heterocycles. The molecule has 0 aliphatic rings. The fourth-order valence-corrected chi connectivity index (χ4v) is 0.640. The van der Waals surface area contributed by atoms with E-state index in [0.29, 0.717) is 6.42 Å². The molecule has 0 bridgehead atoms. The molecule has 0 rings (SSSR count). The number of rotatable bonds is 3. The molecule has 0 heterocycles. The van der Waals surface area contributed by atoms with Crippen molar-refractivity contribution in [3.63, 3.8) is 0 Å². The Morgan fingerprint density at radius 3 is 2.56 bits per heavy atom. The van der Waals surface area contributed by atoms with Crippen LogP contribution in [-0.2, 0) is 4.79 Å². The minimum Gasteiger partial charge on any atom is -0.481 e. The summed E-state index contributed by atoms with van der Waals surface area (Å²) < 4.78 is 1.11. The summed E-state index contributed by atoms with van der Waals surface area (Å²) in [5.74, 6) is -0.731. The van der Waals surface area contributed by atoms with Gasteiger partial charge in [0.25, 0.3) is 0 Å². The predicted octanol–water partition coefficient (Wildman–Crippen LogP) is 2.19. The Hall–Kier alpha value is -0.0600. The van der Waals surface area contributed by atoms with Crippen molar-refractivity contribution in [1.29, 1.82) is 0 Å². The average Bonchev–Trinajstić information content (AvgIpc) is 1.83. The zero-order valence-electron chi connectivity index (χ0n) is 5.22. The predicted molar refractivity (Wildman–Crippen MR) is 44.6 cm³/mol. The normalized spacial score (nSPS) is 11.6. The number of carboxylic acid groups (broad SMARTS) is 1. The van der Waals surface area contributed by atoms with Crippen LogP contribution < -0.4 is 0 Å². The Kier molecular flexibility index (Phi) is 4.75. The number of hydrogen-bond acceptors (Lipinski definition) is 1. The minimum absolute atomic E-state index is 0.239. The van der Waals surface area contributed by atoms with E-state index in [4.69, 9.17) is 5.11 Å². The maximum absolute atomic E-state index is 9.99. The molecule has 0 fully saturated rings. The van der Waals surface area contributed by atoms with Gasteiger partial charge in [0.2, 0.25) is 0 Å². The van der Waals surface area contributed by atoms with E-state index in [1.165, 1.54) is 0 Å². The molecule has 0 aliphatic heterocycles. The Labute approximate surface area is 68.1 Å². The maximum Gasteiger partial charge on any atom is 0.303 e. The van der Waals surface area contributed by atoms with E-state index in [9.17, 15) is 4.79 Å². The van der Waals surface area contributed by atoms with Gasteiger partial charge in [-0.3, -0.25) is 4.79 Å². The highest BCUT2D eigenvalue weighted by Gasteiger charge is 1.96. The van der Waals surface area contributed by atoms with Gasteiger partial charge in [0.15, 0.2) is 0 Å². The summed E-state index contributed by atoms with van der Waals surface area (Å²) in [5.41, 5.74) is 0. The van der Waals surface area contributed by atoms with Gasteiger partial charge in [-0.2, -0.15) is 0 Å². The molecular formula is C6H9IO2. The van der Waals surface area contributed by atoms with Crippen LogP contribution in [0.5, 0.6) is 0 Å². The van der Waals surface area contributed by atoms with Crippen molar-refractivity contribution in [3.8, 4) is 0 Å².